The Hall–Kier alpha value is -3.07. The SMILES string of the molecule is Cc1ccc(S(=O)(=O)N(CC(=O)N(Cc2cccc(C)c2)[C@H](C)C(=O)NC2CCCCC2)c2cccc(Cl)c2Cl)cc1. The van der Waals surface area contributed by atoms with E-state index in [1.165, 1.54) is 23.1 Å². The molecule has 3 aromatic rings. The maximum absolute atomic E-state index is 14.1. The largest absolute Gasteiger partial charge is 0.352 e. The second-order valence-electron chi connectivity index (χ2n) is 10.9. The van der Waals surface area contributed by atoms with Gasteiger partial charge in [0.05, 0.1) is 20.6 Å². The number of halogens is 2. The van der Waals surface area contributed by atoms with Gasteiger partial charge in [-0.25, -0.2) is 8.42 Å². The lowest BCUT2D eigenvalue weighted by molar-refractivity contribution is -0.139. The van der Waals surface area contributed by atoms with E-state index in [9.17, 15) is 18.0 Å². The minimum absolute atomic E-state index is 0.00488. The van der Waals surface area contributed by atoms with Gasteiger partial charge in [0.15, 0.2) is 0 Å². The summed E-state index contributed by atoms with van der Waals surface area (Å²) in [4.78, 5) is 29.0. The Morgan fingerprint density at radius 2 is 1.60 bits per heavy atom. The molecule has 1 atom stereocenters. The van der Waals surface area contributed by atoms with E-state index < -0.39 is 28.5 Å². The highest BCUT2D eigenvalue weighted by Gasteiger charge is 2.34. The Kier molecular flexibility index (Phi) is 10.6. The number of amides is 2. The fraction of sp³-hybridized carbons (Fsp3) is 0.375. The maximum atomic E-state index is 14.1. The zero-order chi connectivity index (χ0) is 30.4. The van der Waals surface area contributed by atoms with E-state index in [0.29, 0.717) is 0 Å². The molecular formula is C32H37Cl2N3O4S. The van der Waals surface area contributed by atoms with Crippen molar-refractivity contribution in [2.45, 2.75) is 76.4 Å². The number of nitrogens with zero attached hydrogens (tertiary/aromatic N) is 2. The van der Waals surface area contributed by atoms with Gasteiger partial charge in [-0.05, 0) is 63.4 Å². The summed E-state index contributed by atoms with van der Waals surface area (Å²) in [6, 6.07) is 17.9. The molecule has 3 aromatic carbocycles. The number of carbonyl (C=O) groups is 2. The van der Waals surface area contributed by atoms with Crippen LogP contribution >= 0.6 is 23.2 Å². The van der Waals surface area contributed by atoms with E-state index >= 15 is 0 Å². The average Bonchev–Trinajstić information content (AvgIpc) is 2.96. The normalized spacial score (nSPS) is 14.7. The highest BCUT2D eigenvalue weighted by molar-refractivity contribution is 7.92. The van der Waals surface area contributed by atoms with Crippen LogP contribution in [0.4, 0.5) is 5.69 Å². The Labute approximate surface area is 258 Å². The van der Waals surface area contributed by atoms with E-state index in [0.717, 1.165) is 53.1 Å². The molecule has 0 unspecified atom stereocenters. The molecule has 42 heavy (non-hydrogen) atoms. The van der Waals surface area contributed by atoms with Crippen LogP contribution in [0.15, 0.2) is 71.6 Å². The van der Waals surface area contributed by atoms with Crippen LogP contribution in [0, 0.1) is 13.8 Å². The summed E-state index contributed by atoms with van der Waals surface area (Å²) in [5.41, 5.74) is 2.80. The third-order valence-electron chi connectivity index (χ3n) is 7.64. The van der Waals surface area contributed by atoms with Crippen LogP contribution in [0.3, 0.4) is 0 Å². The molecule has 1 saturated carbocycles. The van der Waals surface area contributed by atoms with Gasteiger partial charge in [-0.15, -0.1) is 0 Å². The minimum atomic E-state index is -4.24. The van der Waals surface area contributed by atoms with Gasteiger partial charge in [0.25, 0.3) is 10.0 Å². The maximum Gasteiger partial charge on any atom is 0.264 e. The number of sulfonamides is 1. The molecule has 0 saturated heterocycles. The topological polar surface area (TPSA) is 86.8 Å². The fourth-order valence-electron chi connectivity index (χ4n) is 5.19. The molecule has 10 heteroatoms. The van der Waals surface area contributed by atoms with E-state index in [-0.39, 0.29) is 39.1 Å². The summed E-state index contributed by atoms with van der Waals surface area (Å²) in [6.07, 6.45) is 5.06. The number of nitrogens with one attached hydrogen (secondary N) is 1. The number of hydrogen-bond acceptors (Lipinski definition) is 4. The summed E-state index contributed by atoms with van der Waals surface area (Å²) >= 11 is 12.8. The molecule has 0 bridgehead atoms. The van der Waals surface area contributed by atoms with Crippen LogP contribution in [-0.4, -0.2) is 43.8 Å². The lowest BCUT2D eigenvalue weighted by Crippen LogP contribution is -2.53. The van der Waals surface area contributed by atoms with Gasteiger partial charge in [0, 0.05) is 12.6 Å². The molecule has 0 aromatic heterocycles. The van der Waals surface area contributed by atoms with Crippen LogP contribution in [0.5, 0.6) is 0 Å². The molecule has 4 rings (SSSR count). The molecule has 1 fully saturated rings. The third kappa shape index (κ3) is 7.65. The van der Waals surface area contributed by atoms with Crippen LogP contribution in [-0.2, 0) is 26.2 Å². The van der Waals surface area contributed by atoms with E-state index in [4.69, 9.17) is 23.2 Å². The molecule has 0 radical (unpaired) electrons. The number of aryl methyl sites for hydroxylation is 2. The van der Waals surface area contributed by atoms with Gasteiger partial charge in [0.2, 0.25) is 11.8 Å². The van der Waals surface area contributed by atoms with Gasteiger partial charge in [-0.3, -0.25) is 13.9 Å². The highest BCUT2D eigenvalue weighted by Crippen LogP contribution is 2.35. The molecule has 0 heterocycles. The third-order valence-corrected chi connectivity index (χ3v) is 10.2. The zero-order valence-electron chi connectivity index (χ0n) is 24.1. The Morgan fingerprint density at radius 3 is 2.26 bits per heavy atom. The first-order chi connectivity index (χ1) is 20.0. The molecule has 1 N–H and O–H groups in total. The molecular weight excluding hydrogens is 593 g/mol. The number of carbonyl (C=O) groups excluding carboxylic acids is 2. The van der Waals surface area contributed by atoms with Crippen LogP contribution in [0.2, 0.25) is 10.0 Å². The predicted molar refractivity (Wildman–Crippen MR) is 168 cm³/mol. The smallest absolute Gasteiger partial charge is 0.264 e. The van der Waals surface area contributed by atoms with Crippen molar-refractivity contribution in [3.8, 4) is 0 Å². The van der Waals surface area contributed by atoms with Crippen molar-refractivity contribution in [3.05, 3.63) is 93.5 Å². The van der Waals surface area contributed by atoms with Gasteiger partial charge < -0.3 is 10.2 Å². The van der Waals surface area contributed by atoms with E-state index in [1.807, 2.05) is 38.1 Å². The second-order valence-corrected chi connectivity index (χ2v) is 13.6. The summed E-state index contributed by atoms with van der Waals surface area (Å²) in [5, 5.41) is 3.28. The Morgan fingerprint density at radius 1 is 0.929 bits per heavy atom. The van der Waals surface area contributed by atoms with Crippen LogP contribution in [0.1, 0.15) is 55.7 Å². The van der Waals surface area contributed by atoms with Gasteiger partial charge in [-0.1, -0.05) is 96.1 Å². The van der Waals surface area contributed by atoms with Crippen molar-refractivity contribution in [1.82, 2.24) is 10.2 Å². The highest BCUT2D eigenvalue weighted by atomic mass is 35.5. The fourth-order valence-corrected chi connectivity index (χ4v) is 7.07. The van der Waals surface area contributed by atoms with Gasteiger partial charge in [0.1, 0.15) is 12.6 Å². The van der Waals surface area contributed by atoms with Crippen molar-refractivity contribution in [3.63, 3.8) is 0 Å². The molecule has 0 spiro atoms. The van der Waals surface area contributed by atoms with E-state index in [1.54, 1.807) is 31.2 Å². The first-order valence-corrected chi connectivity index (χ1v) is 16.4. The lowest BCUT2D eigenvalue weighted by atomic mass is 9.95. The van der Waals surface area contributed by atoms with E-state index in [2.05, 4.69) is 5.32 Å². The minimum Gasteiger partial charge on any atom is -0.352 e. The average molecular weight is 631 g/mol. The van der Waals surface area contributed by atoms with Crippen molar-refractivity contribution in [2.75, 3.05) is 10.8 Å². The van der Waals surface area contributed by atoms with Crippen LogP contribution in [0.25, 0.3) is 0 Å². The van der Waals surface area contributed by atoms with Crippen LogP contribution < -0.4 is 9.62 Å². The summed E-state index contributed by atoms with van der Waals surface area (Å²) < 4.78 is 29.0. The number of anilines is 1. The van der Waals surface area contributed by atoms with Gasteiger partial charge >= 0.3 is 0 Å². The Balaban J connectivity index is 1.71. The molecule has 0 aliphatic heterocycles. The molecule has 1 aliphatic carbocycles. The zero-order valence-corrected chi connectivity index (χ0v) is 26.5. The van der Waals surface area contributed by atoms with Gasteiger partial charge in [-0.2, -0.15) is 0 Å². The van der Waals surface area contributed by atoms with Crippen molar-refractivity contribution >= 4 is 50.7 Å². The Bertz CT molecular complexity index is 1520. The van der Waals surface area contributed by atoms with Crippen molar-refractivity contribution < 1.29 is 18.0 Å². The molecule has 7 nitrogen and oxygen atoms in total. The summed E-state index contributed by atoms with van der Waals surface area (Å²) in [6.45, 7) is 5.03. The second kappa shape index (κ2) is 13.9. The standard InChI is InChI=1S/C32H37Cl2N3O4S/c1-22-15-17-27(18-16-22)42(40,41)37(29-14-8-13-28(33)31(29)34)21-30(38)36(20-25-10-7-9-23(2)19-25)24(3)32(39)35-26-11-5-4-6-12-26/h7-10,13-19,24,26H,4-6,11-12,20-21H2,1-3H3,(H,35,39)/t24-/m1/s1. The first-order valence-electron chi connectivity index (χ1n) is 14.2. The monoisotopic (exact) mass is 629 g/mol. The van der Waals surface area contributed by atoms with Crippen molar-refractivity contribution in [2.24, 2.45) is 0 Å². The lowest BCUT2D eigenvalue weighted by Gasteiger charge is -2.33. The number of benzene rings is 3. The summed E-state index contributed by atoms with van der Waals surface area (Å²) in [7, 11) is -4.24. The molecule has 1 aliphatic rings. The number of hydrogen-bond donors (Lipinski definition) is 1. The molecule has 2 amide bonds. The van der Waals surface area contributed by atoms with Crippen molar-refractivity contribution in [1.29, 1.82) is 0 Å². The summed E-state index contributed by atoms with van der Waals surface area (Å²) in [5.74, 6) is -0.814. The molecule has 224 valence electrons. The quantitative estimate of drug-likeness (QED) is 0.271. The number of rotatable bonds is 10. The first kappa shape index (κ1) is 31.9. The predicted octanol–water partition coefficient (Wildman–Crippen LogP) is 6.67.